The van der Waals surface area contributed by atoms with E-state index in [4.69, 9.17) is 4.74 Å². The van der Waals surface area contributed by atoms with Crippen LogP contribution in [0.2, 0.25) is 0 Å². The SMILES string of the molecule is Cc1ccn(CCN2CCOCC2)c(=O)c1C(=O)Nc1ccn(C)n1. The molecule has 1 aliphatic rings. The fraction of sp³-hybridized carbons (Fsp3) is 0.471. The van der Waals surface area contributed by atoms with Crippen LogP contribution in [0.3, 0.4) is 0 Å². The molecule has 8 heteroatoms. The summed E-state index contributed by atoms with van der Waals surface area (Å²) in [7, 11) is 1.77. The zero-order chi connectivity index (χ0) is 17.8. The van der Waals surface area contributed by atoms with Crippen molar-refractivity contribution in [2.45, 2.75) is 13.5 Å². The summed E-state index contributed by atoms with van der Waals surface area (Å²) >= 11 is 0. The molecule has 0 aliphatic carbocycles. The molecule has 1 saturated heterocycles. The van der Waals surface area contributed by atoms with Crippen LogP contribution >= 0.6 is 0 Å². The van der Waals surface area contributed by atoms with Crippen molar-refractivity contribution in [3.8, 4) is 0 Å². The van der Waals surface area contributed by atoms with Gasteiger partial charge in [0, 0.05) is 51.7 Å². The predicted molar refractivity (Wildman–Crippen MR) is 93.9 cm³/mol. The highest BCUT2D eigenvalue weighted by Gasteiger charge is 2.17. The number of rotatable bonds is 5. The second kappa shape index (κ2) is 7.62. The normalized spacial score (nSPS) is 15.3. The van der Waals surface area contributed by atoms with Gasteiger partial charge >= 0.3 is 0 Å². The number of carbonyl (C=O) groups excluding carboxylic acids is 1. The lowest BCUT2D eigenvalue weighted by Gasteiger charge is -2.26. The molecule has 0 atom stereocenters. The number of amides is 1. The molecule has 2 aromatic heterocycles. The minimum absolute atomic E-state index is 0.162. The van der Waals surface area contributed by atoms with Gasteiger partial charge in [0.1, 0.15) is 5.56 Å². The molecule has 2 aromatic rings. The Balaban J connectivity index is 1.74. The first-order chi connectivity index (χ1) is 12.0. The number of hydrogen-bond donors (Lipinski definition) is 1. The summed E-state index contributed by atoms with van der Waals surface area (Å²) in [4.78, 5) is 27.5. The summed E-state index contributed by atoms with van der Waals surface area (Å²) in [5.74, 6) is -0.00283. The van der Waals surface area contributed by atoms with E-state index in [-0.39, 0.29) is 11.1 Å². The van der Waals surface area contributed by atoms with E-state index in [1.165, 1.54) is 0 Å². The van der Waals surface area contributed by atoms with Crippen LogP contribution in [0.25, 0.3) is 0 Å². The van der Waals surface area contributed by atoms with E-state index in [1.54, 1.807) is 47.7 Å². The summed E-state index contributed by atoms with van der Waals surface area (Å²) in [6, 6.07) is 3.49. The zero-order valence-corrected chi connectivity index (χ0v) is 14.6. The van der Waals surface area contributed by atoms with Crippen LogP contribution in [-0.4, -0.2) is 58.0 Å². The molecule has 0 saturated carbocycles. The van der Waals surface area contributed by atoms with E-state index in [0.717, 1.165) is 32.8 Å². The van der Waals surface area contributed by atoms with E-state index in [9.17, 15) is 9.59 Å². The molecule has 134 valence electrons. The molecule has 0 aromatic carbocycles. The Morgan fingerprint density at radius 1 is 1.24 bits per heavy atom. The minimum Gasteiger partial charge on any atom is -0.379 e. The Kier molecular flexibility index (Phi) is 5.30. The predicted octanol–water partition coefficient (Wildman–Crippen LogP) is 0.475. The number of carbonyl (C=O) groups is 1. The number of aryl methyl sites for hydroxylation is 2. The van der Waals surface area contributed by atoms with E-state index < -0.39 is 5.91 Å². The van der Waals surface area contributed by atoms with Gasteiger partial charge in [-0.2, -0.15) is 5.10 Å². The smallest absolute Gasteiger partial charge is 0.263 e. The number of hydrogen-bond acceptors (Lipinski definition) is 5. The van der Waals surface area contributed by atoms with E-state index in [1.807, 2.05) is 0 Å². The van der Waals surface area contributed by atoms with Crippen LogP contribution < -0.4 is 10.9 Å². The average molecular weight is 345 g/mol. The fourth-order valence-electron chi connectivity index (χ4n) is 2.85. The van der Waals surface area contributed by atoms with Gasteiger partial charge in [-0.1, -0.05) is 0 Å². The van der Waals surface area contributed by atoms with Crippen molar-refractivity contribution in [1.82, 2.24) is 19.2 Å². The number of aromatic nitrogens is 3. The number of morpholine rings is 1. The fourth-order valence-corrected chi connectivity index (χ4v) is 2.85. The number of ether oxygens (including phenoxy) is 1. The molecule has 1 fully saturated rings. The van der Waals surface area contributed by atoms with Crippen molar-refractivity contribution in [2.75, 3.05) is 38.2 Å². The first kappa shape index (κ1) is 17.4. The van der Waals surface area contributed by atoms with Gasteiger partial charge in [0.05, 0.1) is 13.2 Å². The molecule has 1 N–H and O–H groups in total. The lowest BCUT2D eigenvalue weighted by atomic mass is 10.1. The number of pyridine rings is 1. The van der Waals surface area contributed by atoms with Gasteiger partial charge in [-0.15, -0.1) is 0 Å². The molecular weight excluding hydrogens is 322 g/mol. The van der Waals surface area contributed by atoms with Gasteiger partial charge in [-0.25, -0.2) is 0 Å². The maximum Gasteiger partial charge on any atom is 0.263 e. The number of nitrogens with zero attached hydrogens (tertiary/aromatic N) is 4. The summed E-state index contributed by atoms with van der Waals surface area (Å²) in [5, 5.41) is 6.80. The summed E-state index contributed by atoms with van der Waals surface area (Å²) in [6.07, 6.45) is 3.48. The van der Waals surface area contributed by atoms with Crippen molar-refractivity contribution < 1.29 is 9.53 Å². The third-order valence-electron chi connectivity index (χ3n) is 4.32. The molecule has 25 heavy (non-hydrogen) atoms. The Hall–Kier alpha value is -2.45. The Bertz CT molecular complexity index is 805. The molecule has 0 unspecified atom stereocenters. The number of nitrogens with one attached hydrogen (secondary N) is 1. The van der Waals surface area contributed by atoms with E-state index >= 15 is 0 Å². The van der Waals surface area contributed by atoms with Crippen LogP contribution in [0.4, 0.5) is 5.82 Å². The maximum atomic E-state index is 12.7. The van der Waals surface area contributed by atoms with Crippen molar-refractivity contribution >= 4 is 11.7 Å². The summed E-state index contributed by atoms with van der Waals surface area (Å²) in [6.45, 7) is 6.25. The Labute approximate surface area is 146 Å². The van der Waals surface area contributed by atoms with Gasteiger partial charge in [0.15, 0.2) is 5.82 Å². The summed E-state index contributed by atoms with van der Waals surface area (Å²) < 4.78 is 8.51. The van der Waals surface area contributed by atoms with Gasteiger partial charge in [-0.05, 0) is 18.6 Å². The number of anilines is 1. The average Bonchev–Trinajstić information content (AvgIpc) is 3.00. The van der Waals surface area contributed by atoms with E-state index in [2.05, 4.69) is 15.3 Å². The third kappa shape index (κ3) is 4.15. The monoisotopic (exact) mass is 345 g/mol. The standard InChI is InChI=1S/C17H23N5O3/c1-13-3-6-22(8-7-21-9-11-25-12-10-21)17(24)15(13)16(23)18-14-4-5-20(2)19-14/h3-6H,7-12H2,1-2H3,(H,18,19,23). The van der Waals surface area contributed by atoms with Crippen molar-refractivity contribution in [3.05, 3.63) is 46.0 Å². The van der Waals surface area contributed by atoms with Crippen molar-refractivity contribution in [2.24, 2.45) is 7.05 Å². The van der Waals surface area contributed by atoms with Crippen molar-refractivity contribution in [1.29, 1.82) is 0 Å². The highest BCUT2D eigenvalue weighted by Crippen LogP contribution is 2.07. The maximum absolute atomic E-state index is 12.7. The molecule has 1 amide bonds. The largest absolute Gasteiger partial charge is 0.379 e. The van der Waals surface area contributed by atoms with Crippen molar-refractivity contribution in [3.63, 3.8) is 0 Å². The quantitative estimate of drug-likeness (QED) is 0.852. The lowest BCUT2D eigenvalue weighted by molar-refractivity contribution is 0.0363. The first-order valence-corrected chi connectivity index (χ1v) is 8.36. The molecule has 1 aliphatic heterocycles. The minimum atomic E-state index is -0.429. The second-order valence-corrected chi connectivity index (χ2v) is 6.16. The first-order valence-electron chi connectivity index (χ1n) is 8.36. The molecule has 3 rings (SSSR count). The second-order valence-electron chi connectivity index (χ2n) is 6.16. The summed E-state index contributed by atoms with van der Waals surface area (Å²) in [5.41, 5.74) is 0.540. The zero-order valence-electron chi connectivity index (χ0n) is 14.6. The van der Waals surface area contributed by atoms with Gasteiger partial charge < -0.3 is 14.6 Å². The van der Waals surface area contributed by atoms with Crippen LogP contribution in [0, 0.1) is 6.92 Å². The highest BCUT2D eigenvalue weighted by atomic mass is 16.5. The van der Waals surface area contributed by atoms with Crippen LogP contribution in [0.5, 0.6) is 0 Å². The molecule has 3 heterocycles. The topological polar surface area (TPSA) is 81.4 Å². The van der Waals surface area contributed by atoms with E-state index in [0.29, 0.717) is 17.9 Å². The molecule has 0 spiro atoms. The lowest BCUT2D eigenvalue weighted by Crippen LogP contribution is -2.40. The molecule has 0 bridgehead atoms. The van der Waals surface area contributed by atoms with Crippen LogP contribution in [0.1, 0.15) is 15.9 Å². The molecule has 0 radical (unpaired) electrons. The Morgan fingerprint density at radius 3 is 2.68 bits per heavy atom. The van der Waals surface area contributed by atoms with Gasteiger partial charge in [0.25, 0.3) is 11.5 Å². The van der Waals surface area contributed by atoms with Crippen LogP contribution in [-0.2, 0) is 18.3 Å². The molecule has 8 nitrogen and oxygen atoms in total. The highest BCUT2D eigenvalue weighted by molar-refractivity contribution is 6.04. The van der Waals surface area contributed by atoms with Crippen LogP contribution in [0.15, 0.2) is 29.3 Å². The Morgan fingerprint density at radius 2 is 2.00 bits per heavy atom. The van der Waals surface area contributed by atoms with Gasteiger partial charge in [0.2, 0.25) is 0 Å². The molecular formula is C17H23N5O3. The van der Waals surface area contributed by atoms with Gasteiger partial charge in [-0.3, -0.25) is 19.2 Å². The third-order valence-corrected chi connectivity index (χ3v) is 4.32.